The number of ketones is 1. The van der Waals surface area contributed by atoms with E-state index < -0.39 is 11.5 Å². The highest BCUT2D eigenvalue weighted by Gasteiger charge is 2.18. The molecule has 0 unspecified atom stereocenters. The van der Waals surface area contributed by atoms with E-state index in [1.165, 1.54) is 30.5 Å². The molecule has 8 heteroatoms. The third-order valence-corrected chi connectivity index (χ3v) is 6.22. The average Bonchev–Trinajstić information content (AvgIpc) is 2.86. The maximum absolute atomic E-state index is 13.0. The third kappa shape index (κ3) is 7.27. The molecule has 1 fully saturated rings. The number of rotatable bonds is 12. The zero-order valence-corrected chi connectivity index (χ0v) is 19.8. The third-order valence-electron chi connectivity index (χ3n) is 6.22. The SMILES string of the molecule is CNC(=O)c1cc(C(=O)CCCCC2CCNCC2)cn(Cc2cccc(OCCO)c2)c1=O. The summed E-state index contributed by atoms with van der Waals surface area (Å²) in [6, 6.07) is 8.59. The molecule has 1 aromatic heterocycles. The van der Waals surface area contributed by atoms with E-state index in [9.17, 15) is 14.4 Å². The van der Waals surface area contributed by atoms with Gasteiger partial charge >= 0.3 is 0 Å². The normalized spacial score (nSPS) is 14.1. The van der Waals surface area contributed by atoms with Crippen molar-refractivity contribution in [3.8, 4) is 5.75 Å². The predicted molar refractivity (Wildman–Crippen MR) is 131 cm³/mol. The van der Waals surface area contributed by atoms with E-state index in [0.29, 0.717) is 17.7 Å². The van der Waals surface area contributed by atoms with E-state index in [1.807, 2.05) is 6.07 Å². The van der Waals surface area contributed by atoms with Gasteiger partial charge in [0.1, 0.15) is 17.9 Å². The Hall–Kier alpha value is -2.97. The maximum atomic E-state index is 13.0. The van der Waals surface area contributed by atoms with Gasteiger partial charge in [-0.1, -0.05) is 25.0 Å². The number of unbranched alkanes of at least 4 members (excludes halogenated alkanes) is 1. The highest BCUT2D eigenvalue weighted by atomic mass is 16.5. The van der Waals surface area contributed by atoms with Gasteiger partial charge < -0.3 is 25.0 Å². The van der Waals surface area contributed by atoms with Gasteiger partial charge in [0.05, 0.1) is 13.2 Å². The average molecular weight is 470 g/mol. The molecule has 1 aliphatic heterocycles. The van der Waals surface area contributed by atoms with Crippen LogP contribution in [0.25, 0.3) is 0 Å². The molecule has 3 rings (SSSR count). The molecule has 0 aliphatic carbocycles. The molecule has 2 heterocycles. The Morgan fingerprint density at radius 2 is 2.00 bits per heavy atom. The van der Waals surface area contributed by atoms with Crippen molar-refractivity contribution in [1.29, 1.82) is 0 Å². The number of amides is 1. The lowest BCUT2D eigenvalue weighted by Crippen LogP contribution is -2.32. The number of ether oxygens (including phenoxy) is 1. The van der Waals surface area contributed by atoms with Gasteiger partial charge in [-0.25, -0.2) is 0 Å². The molecule has 34 heavy (non-hydrogen) atoms. The number of pyridine rings is 1. The van der Waals surface area contributed by atoms with Gasteiger partial charge in [0.15, 0.2) is 5.78 Å². The van der Waals surface area contributed by atoms with Crippen molar-refractivity contribution >= 4 is 11.7 Å². The summed E-state index contributed by atoms with van der Waals surface area (Å²) in [6.07, 6.45) is 7.25. The Bertz CT molecular complexity index is 1030. The van der Waals surface area contributed by atoms with E-state index in [-0.39, 0.29) is 31.1 Å². The summed E-state index contributed by atoms with van der Waals surface area (Å²) in [5, 5.41) is 14.8. The second-order valence-electron chi connectivity index (χ2n) is 8.74. The van der Waals surface area contributed by atoms with Crippen molar-refractivity contribution in [2.24, 2.45) is 5.92 Å². The van der Waals surface area contributed by atoms with Gasteiger partial charge in [0.2, 0.25) is 0 Å². The van der Waals surface area contributed by atoms with Crippen LogP contribution in [-0.2, 0) is 6.54 Å². The van der Waals surface area contributed by atoms with Crippen LogP contribution in [0, 0.1) is 5.92 Å². The molecule has 0 bridgehead atoms. The second-order valence-corrected chi connectivity index (χ2v) is 8.74. The summed E-state index contributed by atoms with van der Waals surface area (Å²) in [6.45, 7) is 2.41. The molecule has 0 radical (unpaired) electrons. The Labute approximate surface area is 200 Å². The highest BCUT2D eigenvalue weighted by molar-refractivity contribution is 6.00. The maximum Gasteiger partial charge on any atom is 0.263 e. The van der Waals surface area contributed by atoms with Crippen LogP contribution in [0.15, 0.2) is 41.3 Å². The quantitative estimate of drug-likeness (QED) is 0.325. The number of nitrogens with one attached hydrogen (secondary N) is 2. The molecule has 0 atom stereocenters. The predicted octanol–water partition coefficient (Wildman–Crippen LogP) is 2.37. The molecule has 1 aromatic carbocycles. The number of aromatic nitrogens is 1. The van der Waals surface area contributed by atoms with E-state index in [0.717, 1.165) is 43.8 Å². The zero-order chi connectivity index (χ0) is 24.3. The van der Waals surface area contributed by atoms with E-state index >= 15 is 0 Å². The molecule has 2 aromatic rings. The number of aliphatic hydroxyl groups is 1. The van der Waals surface area contributed by atoms with E-state index in [4.69, 9.17) is 9.84 Å². The fraction of sp³-hybridized carbons (Fsp3) is 0.500. The first kappa shape index (κ1) is 25.6. The lowest BCUT2D eigenvalue weighted by molar-refractivity contribution is 0.0961. The van der Waals surface area contributed by atoms with Gasteiger partial charge in [0.25, 0.3) is 11.5 Å². The minimum Gasteiger partial charge on any atom is -0.491 e. The molecule has 8 nitrogen and oxygen atoms in total. The van der Waals surface area contributed by atoms with Gasteiger partial charge in [-0.3, -0.25) is 14.4 Å². The lowest BCUT2D eigenvalue weighted by atomic mass is 9.92. The fourth-order valence-corrected chi connectivity index (χ4v) is 4.33. The van der Waals surface area contributed by atoms with Crippen molar-refractivity contribution in [1.82, 2.24) is 15.2 Å². The molecule has 184 valence electrons. The number of nitrogens with zero attached hydrogens (tertiary/aromatic N) is 1. The Morgan fingerprint density at radius 3 is 2.74 bits per heavy atom. The molecular weight excluding hydrogens is 434 g/mol. The topological polar surface area (TPSA) is 110 Å². The van der Waals surface area contributed by atoms with Crippen LogP contribution in [0.5, 0.6) is 5.75 Å². The van der Waals surface area contributed by atoms with Crippen molar-refractivity contribution in [3.63, 3.8) is 0 Å². The number of hydrogen-bond acceptors (Lipinski definition) is 6. The molecule has 0 saturated carbocycles. The van der Waals surface area contributed by atoms with Crippen molar-refractivity contribution < 1.29 is 19.4 Å². The molecule has 1 saturated heterocycles. The van der Waals surface area contributed by atoms with Crippen molar-refractivity contribution in [2.75, 3.05) is 33.4 Å². The zero-order valence-electron chi connectivity index (χ0n) is 19.8. The number of benzene rings is 1. The second kappa shape index (κ2) is 13.1. The monoisotopic (exact) mass is 469 g/mol. The Kier molecular flexibility index (Phi) is 9.85. The van der Waals surface area contributed by atoms with E-state index in [1.54, 1.807) is 24.4 Å². The summed E-state index contributed by atoms with van der Waals surface area (Å²) < 4.78 is 6.85. The minimum atomic E-state index is -0.515. The Morgan fingerprint density at radius 1 is 1.21 bits per heavy atom. The number of piperidine rings is 1. The number of carbonyl (C=O) groups is 2. The number of Topliss-reactive ketones (excluding diaryl/α,β-unsaturated/α-hetero) is 1. The highest BCUT2D eigenvalue weighted by Crippen LogP contribution is 2.20. The number of carbonyl (C=O) groups excluding carboxylic acids is 2. The largest absolute Gasteiger partial charge is 0.491 e. The van der Waals surface area contributed by atoms with Gasteiger partial charge in [-0.15, -0.1) is 0 Å². The van der Waals surface area contributed by atoms with Crippen LogP contribution in [0.3, 0.4) is 0 Å². The number of hydrogen-bond donors (Lipinski definition) is 3. The smallest absolute Gasteiger partial charge is 0.263 e. The fourth-order valence-electron chi connectivity index (χ4n) is 4.33. The van der Waals surface area contributed by atoms with Gasteiger partial charge in [-0.05, 0) is 62.0 Å². The summed E-state index contributed by atoms with van der Waals surface area (Å²) >= 11 is 0. The molecular formula is C26H35N3O5. The van der Waals surface area contributed by atoms with Crippen molar-refractivity contribution in [2.45, 2.75) is 45.1 Å². The number of aliphatic hydroxyl groups excluding tert-OH is 1. The van der Waals surface area contributed by atoms with Crippen LogP contribution >= 0.6 is 0 Å². The minimum absolute atomic E-state index is 0.0456. The van der Waals surface area contributed by atoms with E-state index in [2.05, 4.69) is 10.6 Å². The Balaban J connectivity index is 1.73. The summed E-state index contributed by atoms with van der Waals surface area (Å²) in [7, 11) is 1.46. The first-order chi connectivity index (χ1) is 16.5. The van der Waals surface area contributed by atoms with Gasteiger partial charge in [-0.2, -0.15) is 0 Å². The first-order valence-electron chi connectivity index (χ1n) is 12.0. The van der Waals surface area contributed by atoms with Gasteiger partial charge in [0, 0.05) is 25.2 Å². The molecule has 1 aliphatic rings. The standard InChI is InChI=1S/C26H35N3O5/c1-27-25(32)23-16-21(24(31)8-3-2-5-19-9-11-28-12-10-19)18-29(26(23)33)17-20-6-4-7-22(15-20)34-14-13-30/h4,6-7,15-16,18-19,28,30H,2-3,5,8-14,17H2,1H3,(H,27,32). The molecule has 0 spiro atoms. The van der Waals surface area contributed by atoms with Crippen LogP contribution in [0.4, 0.5) is 0 Å². The summed E-state index contributed by atoms with van der Waals surface area (Å²) in [4.78, 5) is 38.2. The molecule has 3 N–H and O–H groups in total. The summed E-state index contributed by atoms with van der Waals surface area (Å²) in [5.74, 6) is 0.728. The van der Waals surface area contributed by atoms with Crippen molar-refractivity contribution in [3.05, 3.63) is 63.6 Å². The lowest BCUT2D eigenvalue weighted by Gasteiger charge is -2.22. The van der Waals surface area contributed by atoms with Crippen LogP contribution in [-0.4, -0.2) is 54.7 Å². The van der Waals surface area contributed by atoms with Crippen LogP contribution in [0.1, 0.15) is 64.8 Å². The molecule has 1 amide bonds. The first-order valence-corrected chi connectivity index (χ1v) is 12.0. The summed E-state index contributed by atoms with van der Waals surface area (Å²) in [5.41, 5.74) is 0.652. The van der Waals surface area contributed by atoms with Crippen LogP contribution in [0.2, 0.25) is 0 Å². The van der Waals surface area contributed by atoms with Crippen LogP contribution < -0.4 is 20.9 Å².